The van der Waals surface area contributed by atoms with Gasteiger partial charge in [0.2, 0.25) is 0 Å². The van der Waals surface area contributed by atoms with Gasteiger partial charge in [0.15, 0.2) is 0 Å². The van der Waals surface area contributed by atoms with E-state index in [2.05, 4.69) is 15.8 Å². The molecule has 8 heteroatoms. The van der Waals surface area contributed by atoms with E-state index in [1.165, 1.54) is 30.5 Å². The number of hydrazone groups is 1. The van der Waals surface area contributed by atoms with Crippen LogP contribution in [0.1, 0.15) is 31.9 Å². The number of hydrogen-bond acceptors (Lipinski definition) is 5. The van der Waals surface area contributed by atoms with Gasteiger partial charge in [0.25, 0.3) is 5.91 Å². The molecule has 0 bridgehead atoms. The number of nitrogens with zero attached hydrogens (tertiary/aromatic N) is 1. The van der Waals surface area contributed by atoms with E-state index in [4.69, 9.17) is 9.47 Å². The molecular weight excluding hydrogens is 389 g/mol. The van der Waals surface area contributed by atoms with E-state index < -0.39 is 23.6 Å². The molecule has 30 heavy (non-hydrogen) atoms. The van der Waals surface area contributed by atoms with Gasteiger partial charge in [-0.3, -0.25) is 4.79 Å². The highest BCUT2D eigenvalue weighted by Crippen LogP contribution is 2.07. The van der Waals surface area contributed by atoms with Gasteiger partial charge in [-0.15, -0.1) is 0 Å². The first-order valence-corrected chi connectivity index (χ1v) is 9.42. The summed E-state index contributed by atoms with van der Waals surface area (Å²) in [6, 6.07) is 14.0. The average molecular weight is 415 g/mol. The van der Waals surface area contributed by atoms with Gasteiger partial charge in [0.1, 0.15) is 17.5 Å². The lowest BCUT2D eigenvalue weighted by Crippen LogP contribution is -2.49. The molecule has 2 N–H and O–H groups in total. The summed E-state index contributed by atoms with van der Waals surface area (Å²) in [7, 11) is 0. The van der Waals surface area contributed by atoms with Crippen molar-refractivity contribution in [2.75, 3.05) is 6.61 Å². The number of nitrogens with one attached hydrogen (secondary N) is 2. The van der Waals surface area contributed by atoms with E-state index in [0.29, 0.717) is 5.56 Å². The highest BCUT2D eigenvalue weighted by molar-refractivity contribution is 5.87. The summed E-state index contributed by atoms with van der Waals surface area (Å²) in [5, 5.41) is 6.34. The van der Waals surface area contributed by atoms with E-state index in [0.717, 1.165) is 5.56 Å². The Bertz CT molecular complexity index is 849. The fourth-order valence-electron chi connectivity index (χ4n) is 2.30. The number of rotatable bonds is 8. The zero-order valence-electron chi connectivity index (χ0n) is 17.2. The largest absolute Gasteiger partial charge is 0.444 e. The van der Waals surface area contributed by atoms with Crippen molar-refractivity contribution in [3.05, 3.63) is 71.5 Å². The first kappa shape index (κ1) is 23.0. The van der Waals surface area contributed by atoms with E-state index in [9.17, 15) is 14.0 Å². The zero-order chi connectivity index (χ0) is 22.0. The predicted octanol–water partition coefficient (Wildman–Crippen LogP) is 3.39. The number of amides is 2. The topological polar surface area (TPSA) is 89.0 Å². The maximum absolute atomic E-state index is 12.9. The van der Waals surface area contributed by atoms with Crippen molar-refractivity contribution in [2.24, 2.45) is 5.10 Å². The number of benzene rings is 2. The lowest BCUT2D eigenvalue weighted by molar-refractivity contribution is -0.124. The van der Waals surface area contributed by atoms with Gasteiger partial charge in [-0.05, 0) is 44.0 Å². The van der Waals surface area contributed by atoms with Crippen LogP contribution in [0.5, 0.6) is 0 Å². The molecule has 0 spiro atoms. The van der Waals surface area contributed by atoms with Crippen molar-refractivity contribution < 1.29 is 23.5 Å². The van der Waals surface area contributed by atoms with Crippen LogP contribution in [-0.4, -0.2) is 36.5 Å². The standard InChI is InChI=1S/C22H26FN3O4/c1-22(2,3)30-21(28)25-19(15-29-14-17-7-5-4-6-8-17)20(27)26-24-13-16-9-11-18(23)12-10-16/h4-13,19H,14-15H2,1-3H3,(H,25,28)(H,26,27). The van der Waals surface area contributed by atoms with Crippen LogP contribution in [0.2, 0.25) is 0 Å². The number of alkyl carbamates (subject to hydrolysis) is 1. The third-order valence-corrected chi connectivity index (χ3v) is 3.66. The van der Waals surface area contributed by atoms with Crippen molar-refractivity contribution in [1.29, 1.82) is 0 Å². The molecule has 2 aromatic carbocycles. The van der Waals surface area contributed by atoms with Gasteiger partial charge in [-0.1, -0.05) is 42.5 Å². The summed E-state index contributed by atoms with van der Waals surface area (Å²) in [6.07, 6.45) is 0.626. The van der Waals surface area contributed by atoms with Crippen LogP contribution in [0.4, 0.5) is 9.18 Å². The summed E-state index contributed by atoms with van der Waals surface area (Å²) in [5.41, 5.74) is 3.18. The van der Waals surface area contributed by atoms with Gasteiger partial charge >= 0.3 is 6.09 Å². The lowest BCUT2D eigenvalue weighted by atomic mass is 10.2. The van der Waals surface area contributed by atoms with E-state index in [-0.39, 0.29) is 19.0 Å². The van der Waals surface area contributed by atoms with Gasteiger partial charge in [-0.25, -0.2) is 14.6 Å². The first-order chi connectivity index (χ1) is 14.2. The maximum Gasteiger partial charge on any atom is 0.408 e. The van der Waals surface area contributed by atoms with Gasteiger partial charge < -0.3 is 14.8 Å². The van der Waals surface area contributed by atoms with Gasteiger partial charge in [0, 0.05) is 0 Å². The van der Waals surface area contributed by atoms with Crippen LogP contribution in [0.15, 0.2) is 59.7 Å². The fourth-order valence-corrected chi connectivity index (χ4v) is 2.30. The van der Waals surface area contributed by atoms with Crippen molar-refractivity contribution in [3.63, 3.8) is 0 Å². The maximum atomic E-state index is 12.9. The molecule has 2 rings (SSSR count). The van der Waals surface area contributed by atoms with Crippen molar-refractivity contribution in [2.45, 2.75) is 39.0 Å². The van der Waals surface area contributed by atoms with E-state index in [1.807, 2.05) is 30.3 Å². The molecule has 2 aromatic rings. The van der Waals surface area contributed by atoms with Crippen molar-refractivity contribution >= 4 is 18.2 Å². The Morgan fingerprint density at radius 2 is 1.77 bits per heavy atom. The lowest BCUT2D eigenvalue weighted by Gasteiger charge is -2.22. The fraction of sp³-hybridized carbons (Fsp3) is 0.318. The summed E-state index contributed by atoms with van der Waals surface area (Å²) in [4.78, 5) is 24.6. The normalized spacial score (nSPS) is 12.4. The first-order valence-electron chi connectivity index (χ1n) is 9.42. The monoisotopic (exact) mass is 415 g/mol. The molecule has 160 valence electrons. The summed E-state index contributed by atoms with van der Waals surface area (Å²) < 4.78 is 23.7. The predicted molar refractivity (Wildman–Crippen MR) is 111 cm³/mol. The second kappa shape index (κ2) is 11.1. The molecule has 0 aliphatic heterocycles. The second-order valence-electron chi connectivity index (χ2n) is 7.49. The molecule has 0 aliphatic carbocycles. The van der Waals surface area contributed by atoms with Crippen LogP contribution in [-0.2, 0) is 20.9 Å². The Hall–Kier alpha value is -3.26. The third-order valence-electron chi connectivity index (χ3n) is 3.66. The summed E-state index contributed by atoms with van der Waals surface area (Å²) in [5.74, 6) is -0.944. The smallest absolute Gasteiger partial charge is 0.408 e. The molecule has 2 amide bonds. The van der Waals surface area contributed by atoms with Gasteiger partial charge in [0.05, 0.1) is 19.4 Å². The number of carbonyl (C=O) groups excluding carboxylic acids is 2. The molecule has 0 radical (unpaired) electrons. The van der Waals surface area contributed by atoms with Crippen molar-refractivity contribution in [3.8, 4) is 0 Å². The molecule has 1 unspecified atom stereocenters. The van der Waals surface area contributed by atoms with E-state index >= 15 is 0 Å². The number of hydrogen-bond donors (Lipinski definition) is 2. The second-order valence-corrected chi connectivity index (χ2v) is 7.49. The minimum absolute atomic E-state index is 0.0773. The quantitative estimate of drug-likeness (QED) is 0.511. The summed E-state index contributed by atoms with van der Waals surface area (Å²) in [6.45, 7) is 5.37. The molecule has 1 atom stereocenters. The molecule has 7 nitrogen and oxygen atoms in total. The Balaban J connectivity index is 1.96. The van der Waals surface area contributed by atoms with Gasteiger partial charge in [-0.2, -0.15) is 5.10 Å². The molecule has 0 heterocycles. The van der Waals surface area contributed by atoms with Crippen LogP contribution < -0.4 is 10.7 Å². The van der Waals surface area contributed by atoms with E-state index in [1.54, 1.807) is 20.8 Å². The zero-order valence-corrected chi connectivity index (χ0v) is 17.2. The Labute approximate surface area is 175 Å². The highest BCUT2D eigenvalue weighted by Gasteiger charge is 2.24. The van der Waals surface area contributed by atoms with Crippen molar-refractivity contribution in [1.82, 2.24) is 10.7 Å². The minimum Gasteiger partial charge on any atom is -0.444 e. The molecule has 0 aliphatic rings. The molecule has 0 fully saturated rings. The molecule has 0 saturated carbocycles. The molecule has 0 saturated heterocycles. The average Bonchev–Trinajstić information content (AvgIpc) is 2.68. The summed E-state index contributed by atoms with van der Waals surface area (Å²) >= 11 is 0. The molecular formula is C22H26FN3O4. The number of carbonyl (C=O) groups is 2. The Morgan fingerprint density at radius 3 is 2.40 bits per heavy atom. The van der Waals surface area contributed by atoms with Crippen LogP contribution in [0.3, 0.4) is 0 Å². The SMILES string of the molecule is CC(C)(C)OC(=O)NC(COCc1ccccc1)C(=O)NN=Cc1ccc(F)cc1. The molecule has 0 aromatic heterocycles. The van der Waals surface area contributed by atoms with Crippen LogP contribution >= 0.6 is 0 Å². The minimum atomic E-state index is -1.02. The number of halogens is 1. The highest BCUT2D eigenvalue weighted by atomic mass is 19.1. The Morgan fingerprint density at radius 1 is 1.10 bits per heavy atom. The Kier molecular flexibility index (Phi) is 8.49. The van der Waals surface area contributed by atoms with Crippen LogP contribution in [0.25, 0.3) is 0 Å². The third kappa shape index (κ3) is 8.83. The number of ether oxygens (including phenoxy) is 2. The van der Waals surface area contributed by atoms with Crippen LogP contribution in [0, 0.1) is 5.82 Å².